The Morgan fingerprint density at radius 2 is 1.65 bits per heavy atom. The van der Waals surface area contributed by atoms with E-state index in [1.54, 1.807) is 12.1 Å². The van der Waals surface area contributed by atoms with Crippen LogP contribution in [0.1, 0.15) is 33.6 Å². The van der Waals surface area contributed by atoms with E-state index in [9.17, 15) is 9.59 Å². The molecule has 2 atom stereocenters. The van der Waals surface area contributed by atoms with E-state index in [4.69, 9.17) is 5.11 Å². The van der Waals surface area contributed by atoms with Crippen LogP contribution in [0.3, 0.4) is 0 Å². The zero-order valence-corrected chi connectivity index (χ0v) is 11.2. The first-order chi connectivity index (χ1) is 9.65. The number of carbonyl (C=O) groups is 2. The second-order valence-electron chi connectivity index (χ2n) is 5.56. The Morgan fingerprint density at radius 3 is 2.25 bits per heavy atom. The maximum absolute atomic E-state index is 12.5. The lowest BCUT2D eigenvalue weighted by atomic mass is 9.86. The Bertz CT molecular complexity index is 563. The van der Waals surface area contributed by atoms with E-state index >= 15 is 0 Å². The number of carboxylic acids is 1. The number of amides is 1. The third kappa shape index (κ3) is 2.33. The van der Waals surface area contributed by atoms with Crippen LogP contribution < -0.4 is 0 Å². The molecule has 2 aliphatic rings. The van der Waals surface area contributed by atoms with Crippen LogP contribution in [0.5, 0.6) is 0 Å². The van der Waals surface area contributed by atoms with Crippen LogP contribution >= 0.6 is 0 Å². The monoisotopic (exact) mass is 271 g/mol. The van der Waals surface area contributed by atoms with Gasteiger partial charge in [0.05, 0.1) is 5.56 Å². The van der Waals surface area contributed by atoms with Crippen molar-refractivity contribution in [2.45, 2.75) is 12.8 Å². The smallest absolute Gasteiger partial charge is 0.335 e. The van der Waals surface area contributed by atoms with Gasteiger partial charge in [0.25, 0.3) is 5.91 Å². The fourth-order valence-corrected chi connectivity index (χ4v) is 3.15. The minimum Gasteiger partial charge on any atom is -0.478 e. The molecule has 4 heteroatoms. The highest BCUT2D eigenvalue weighted by molar-refractivity contribution is 5.97. The molecule has 1 aliphatic heterocycles. The molecule has 1 heterocycles. The van der Waals surface area contributed by atoms with Gasteiger partial charge in [-0.2, -0.15) is 0 Å². The van der Waals surface area contributed by atoms with Crippen LogP contribution in [0, 0.1) is 11.8 Å². The summed E-state index contributed by atoms with van der Waals surface area (Å²) in [6, 6.07) is 6.29. The molecule has 3 rings (SSSR count). The fourth-order valence-electron chi connectivity index (χ4n) is 3.15. The van der Waals surface area contributed by atoms with Gasteiger partial charge in [0.2, 0.25) is 0 Å². The molecule has 1 amide bonds. The fraction of sp³-hybridized carbons (Fsp3) is 0.375. The van der Waals surface area contributed by atoms with Crippen LogP contribution in [0.4, 0.5) is 0 Å². The van der Waals surface area contributed by atoms with Crippen LogP contribution in [0.25, 0.3) is 0 Å². The zero-order valence-electron chi connectivity index (χ0n) is 11.2. The van der Waals surface area contributed by atoms with Crippen molar-refractivity contribution in [1.29, 1.82) is 0 Å². The second kappa shape index (κ2) is 5.12. The first kappa shape index (κ1) is 12.9. The number of hydrogen-bond acceptors (Lipinski definition) is 2. The van der Waals surface area contributed by atoms with Crippen molar-refractivity contribution in [2.75, 3.05) is 13.1 Å². The van der Waals surface area contributed by atoms with Gasteiger partial charge < -0.3 is 10.0 Å². The Kier molecular flexibility index (Phi) is 3.30. The van der Waals surface area contributed by atoms with Crippen molar-refractivity contribution in [3.05, 3.63) is 47.5 Å². The SMILES string of the molecule is O=C(O)c1cccc(C(=O)N2C[C@H]3CC=CC[C@H]3C2)c1. The number of carbonyl (C=O) groups excluding carboxylic acids is 1. The van der Waals surface area contributed by atoms with Gasteiger partial charge in [-0.25, -0.2) is 4.79 Å². The third-order valence-corrected chi connectivity index (χ3v) is 4.26. The van der Waals surface area contributed by atoms with Gasteiger partial charge in [0.15, 0.2) is 0 Å². The van der Waals surface area contributed by atoms with Crippen molar-refractivity contribution >= 4 is 11.9 Å². The van der Waals surface area contributed by atoms with Crippen molar-refractivity contribution in [3.8, 4) is 0 Å². The molecule has 0 saturated carbocycles. The Hall–Kier alpha value is -2.10. The number of nitrogens with zero attached hydrogens (tertiary/aromatic N) is 1. The van der Waals surface area contributed by atoms with Crippen LogP contribution in [-0.4, -0.2) is 35.0 Å². The zero-order chi connectivity index (χ0) is 14.1. The molecule has 0 spiro atoms. The van der Waals surface area contributed by atoms with E-state index in [1.807, 2.05) is 4.90 Å². The predicted octanol–water partition coefficient (Wildman–Crippen LogP) is 2.42. The van der Waals surface area contributed by atoms with Gasteiger partial charge >= 0.3 is 5.97 Å². The lowest BCUT2D eigenvalue weighted by Crippen LogP contribution is -2.29. The lowest BCUT2D eigenvalue weighted by molar-refractivity contribution is 0.0697. The van der Waals surface area contributed by atoms with E-state index in [-0.39, 0.29) is 11.5 Å². The summed E-state index contributed by atoms with van der Waals surface area (Å²) in [6.45, 7) is 1.57. The maximum atomic E-state index is 12.5. The molecule has 1 aliphatic carbocycles. The number of aromatic carboxylic acids is 1. The normalized spacial score (nSPS) is 24.5. The van der Waals surface area contributed by atoms with Crippen molar-refractivity contribution in [1.82, 2.24) is 4.90 Å². The summed E-state index contributed by atoms with van der Waals surface area (Å²) in [6.07, 6.45) is 6.48. The molecule has 0 unspecified atom stereocenters. The van der Waals surface area contributed by atoms with Crippen molar-refractivity contribution in [3.63, 3.8) is 0 Å². The summed E-state index contributed by atoms with van der Waals surface area (Å²) in [5.74, 6) is 0.0691. The van der Waals surface area contributed by atoms with Gasteiger partial charge in [0.1, 0.15) is 0 Å². The molecule has 1 N–H and O–H groups in total. The Balaban J connectivity index is 1.77. The summed E-state index contributed by atoms with van der Waals surface area (Å²) in [5.41, 5.74) is 0.630. The number of rotatable bonds is 2. The number of carboxylic acid groups (broad SMARTS) is 1. The first-order valence-corrected chi connectivity index (χ1v) is 6.93. The van der Waals surface area contributed by atoms with Gasteiger partial charge in [0, 0.05) is 18.7 Å². The Labute approximate surface area is 117 Å². The minimum absolute atomic E-state index is 0.0532. The van der Waals surface area contributed by atoms with Crippen LogP contribution in [-0.2, 0) is 0 Å². The Morgan fingerprint density at radius 1 is 1.05 bits per heavy atom. The maximum Gasteiger partial charge on any atom is 0.335 e. The lowest BCUT2D eigenvalue weighted by Gasteiger charge is -2.17. The summed E-state index contributed by atoms with van der Waals surface area (Å²) < 4.78 is 0. The molecule has 4 nitrogen and oxygen atoms in total. The standard InChI is InChI=1S/C16H17NO3/c18-15(11-6-3-7-12(8-11)16(19)20)17-9-13-4-1-2-5-14(13)10-17/h1-3,6-8,13-14H,4-5,9-10H2,(H,19,20)/t13-,14+. The summed E-state index contributed by atoms with van der Waals surface area (Å²) in [4.78, 5) is 25.3. The third-order valence-electron chi connectivity index (χ3n) is 4.26. The largest absolute Gasteiger partial charge is 0.478 e. The van der Waals surface area contributed by atoms with E-state index in [0.717, 1.165) is 25.9 Å². The molecule has 1 aromatic rings. The van der Waals surface area contributed by atoms with E-state index in [2.05, 4.69) is 12.2 Å². The van der Waals surface area contributed by atoms with Crippen LogP contribution in [0.15, 0.2) is 36.4 Å². The first-order valence-electron chi connectivity index (χ1n) is 6.93. The summed E-state index contributed by atoms with van der Waals surface area (Å²) in [5, 5.41) is 8.99. The highest BCUT2D eigenvalue weighted by Gasteiger charge is 2.35. The number of benzene rings is 1. The van der Waals surface area contributed by atoms with Gasteiger partial charge in [-0.1, -0.05) is 18.2 Å². The summed E-state index contributed by atoms with van der Waals surface area (Å²) >= 11 is 0. The molecule has 1 aromatic carbocycles. The van der Waals surface area contributed by atoms with Crippen LogP contribution in [0.2, 0.25) is 0 Å². The molecule has 0 aromatic heterocycles. The average Bonchev–Trinajstić information content (AvgIpc) is 2.90. The molecule has 104 valence electrons. The van der Waals surface area contributed by atoms with E-state index < -0.39 is 5.97 Å². The minimum atomic E-state index is -1.00. The number of likely N-dealkylation sites (tertiary alicyclic amines) is 1. The average molecular weight is 271 g/mol. The molecular weight excluding hydrogens is 254 g/mol. The van der Waals surface area contributed by atoms with Gasteiger partial charge in [-0.15, -0.1) is 0 Å². The molecule has 1 saturated heterocycles. The van der Waals surface area contributed by atoms with Crippen molar-refractivity contribution < 1.29 is 14.7 Å². The van der Waals surface area contributed by atoms with E-state index in [1.165, 1.54) is 12.1 Å². The molecule has 0 bridgehead atoms. The number of allylic oxidation sites excluding steroid dienone is 2. The van der Waals surface area contributed by atoms with Gasteiger partial charge in [-0.05, 0) is 42.9 Å². The topological polar surface area (TPSA) is 57.6 Å². The quantitative estimate of drug-likeness (QED) is 0.840. The second-order valence-corrected chi connectivity index (χ2v) is 5.56. The molecule has 0 radical (unpaired) electrons. The highest BCUT2D eigenvalue weighted by atomic mass is 16.4. The predicted molar refractivity (Wildman–Crippen MR) is 74.7 cm³/mol. The molecule has 20 heavy (non-hydrogen) atoms. The number of fused-ring (bicyclic) bond motifs is 1. The van der Waals surface area contributed by atoms with Crippen molar-refractivity contribution in [2.24, 2.45) is 11.8 Å². The van der Waals surface area contributed by atoms with Gasteiger partial charge in [-0.3, -0.25) is 4.79 Å². The number of hydrogen-bond donors (Lipinski definition) is 1. The summed E-state index contributed by atoms with van der Waals surface area (Å²) in [7, 11) is 0. The highest BCUT2D eigenvalue weighted by Crippen LogP contribution is 2.33. The molecular formula is C16H17NO3. The van der Waals surface area contributed by atoms with E-state index in [0.29, 0.717) is 17.4 Å². The molecule has 1 fully saturated rings.